The molecule has 0 spiro atoms. The predicted molar refractivity (Wildman–Crippen MR) is 108 cm³/mol. The lowest BCUT2D eigenvalue weighted by atomic mass is 10.2. The molecule has 0 aliphatic heterocycles. The number of ether oxygens (including phenoxy) is 2. The number of nitrogens with two attached hydrogens (primary N) is 1. The molecule has 0 atom stereocenters. The quantitative estimate of drug-likeness (QED) is 0.616. The fourth-order valence-electron chi connectivity index (χ4n) is 2.12. The maximum Gasteiger partial charge on any atom is 0.412 e. The minimum atomic E-state index is -0.755. The summed E-state index contributed by atoms with van der Waals surface area (Å²) < 4.78 is 10.1. The third-order valence-corrected chi connectivity index (χ3v) is 4.09. The van der Waals surface area contributed by atoms with E-state index in [1.165, 1.54) is 18.2 Å². The minimum absolute atomic E-state index is 0.139. The zero-order valence-electron chi connectivity index (χ0n) is 16.1. The van der Waals surface area contributed by atoms with E-state index in [1.807, 2.05) is 0 Å². The third-order valence-electron chi connectivity index (χ3n) is 3.26. The zero-order chi connectivity index (χ0) is 21.6. The molecular weight excluding hydrogens is 398 g/mol. The van der Waals surface area contributed by atoms with Crippen LogP contribution in [0.5, 0.6) is 0 Å². The lowest BCUT2D eigenvalue weighted by molar-refractivity contribution is -0.119. The molecule has 0 radical (unpaired) electrons. The van der Waals surface area contributed by atoms with Crippen LogP contribution in [0.15, 0.2) is 35.7 Å². The van der Waals surface area contributed by atoms with E-state index < -0.39 is 36.1 Å². The van der Waals surface area contributed by atoms with Gasteiger partial charge in [-0.2, -0.15) is 0 Å². The average Bonchev–Trinajstić information content (AvgIpc) is 3.06. The summed E-state index contributed by atoms with van der Waals surface area (Å²) in [6.45, 7) is 4.63. The topological polar surface area (TPSA) is 137 Å². The molecule has 29 heavy (non-hydrogen) atoms. The van der Waals surface area contributed by atoms with E-state index in [0.29, 0.717) is 5.69 Å². The first kappa shape index (κ1) is 21.9. The van der Waals surface area contributed by atoms with Crippen LogP contribution in [-0.4, -0.2) is 36.1 Å². The van der Waals surface area contributed by atoms with Crippen LogP contribution in [0.3, 0.4) is 0 Å². The van der Waals surface area contributed by atoms with Crippen LogP contribution in [0, 0.1) is 0 Å². The Morgan fingerprint density at radius 1 is 1.10 bits per heavy atom. The van der Waals surface area contributed by atoms with Gasteiger partial charge in [0, 0.05) is 5.69 Å². The van der Waals surface area contributed by atoms with Crippen molar-refractivity contribution in [1.29, 1.82) is 0 Å². The van der Waals surface area contributed by atoms with Gasteiger partial charge in [0.05, 0.1) is 11.1 Å². The molecule has 0 bridgehead atoms. The molecule has 1 aromatic carbocycles. The van der Waals surface area contributed by atoms with E-state index in [2.05, 4.69) is 10.6 Å². The number of primary amides is 1. The molecule has 0 fully saturated rings. The molecular formula is C19H21N3O6S. The van der Waals surface area contributed by atoms with E-state index >= 15 is 0 Å². The van der Waals surface area contributed by atoms with Crippen molar-refractivity contribution >= 4 is 45.9 Å². The van der Waals surface area contributed by atoms with Crippen molar-refractivity contribution in [1.82, 2.24) is 0 Å². The number of hydrogen-bond donors (Lipinski definition) is 3. The van der Waals surface area contributed by atoms with E-state index in [9.17, 15) is 19.2 Å². The molecule has 1 aromatic heterocycles. The third kappa shape index (κ3) is 6.92. The highest BCUT2D eigenvalue weighted by atomic mass is 32.1. The molecule has 0 saturated carbocycles. The van der Waals surface area contributed by atoms with Crippen LogP contribution >= 0.6 is 11.3 Å². The van der Waals surface area contributed by atoms with Crippen LogP contribution in [0.4, 0.5) is 15.5 Å². The summed E-state index contributed by atoms with van der Waals surface area (Å²) in [5.41, 5.74) is 5.20. The van der Waals surface area contributed by atoms with Crippen molar-refractivity contribution in [3.63, 3.8) is 0 Å². The lowest BCUT2D eigenvalue weighted by Gasteiger charge is -2.19. The fraction of sp³-hybridized carbons (Fsp3) is 0.263. The molecule has 9 nitrogen and oxygen atoms in total. The summed E-state index contributed by atoms with van der Waals surface area (Å²) in [5.74, 6) is -2.05. The molecule has 1 heterocycles. The number of rotatable bonds is 6. The van der Waals surface area contributed by atoms with E-state index in [0.717, 1.165) is 11.3 Å². The average molecular weight is 419 g/mol. The smallest absolute Gasteiger partial charge is 0.412 e. The van der Waals surface area contributed by atoms with Crippen molar-refractivity contribution in [3.8, 4) is 0 Å². The van der Waals surface area contributed by atoms with Gasteiger partial charge < -0.3 is 20.5 Å². The van der Waals surface area contributed by atoms with Crippen LogP contribution in [0.25, 0.3) is 0 Å². The van der Waals surface area contributed by atoms with Crippen LogP contribution in [0.2, 0.25) is 0 Å². The van der Waals surface area contributed by atoms with Gasteiger partial charge >= 0.3 is 12.1 Å². The van der Waals surface area contributed by atoms with E-state index in [-0.39, 0.29) is 16.1 Å². The molecule has 4 N–H and O–H groups in total. The van der Waals surface area contributed by atoms with E-state index in [4.69, 9.17) is 15.2 Å². The Kier molecular flexibility index (Phi) is 6.94. The largest absolute Gasteiger partial charge is 0.452 e. The number of thiophene rings is 1. The Bertz CT molecular complexity index is 932. The number of anilines is 2. The van der Waals surface area contributed by atoms with Gasteiger partial charge in [-0.15, -0.1) is 11.3 Å². The standard InChI is InChI=1S/C19H21N3O6S/c1-19(2,3)28-18(26)21-12-6-4-5-11(9-12)17(25)27-10-14(23)22-16-13(15(20)24)7-8-29-16/h4-9H,10H2,1-3H3,(H2,20,24)(H,21,26)(H,22,23). The number of esters is 1. The molecule has 10 heteroatoms. The van der Waals surface area contributed by atoms with Crippen molar-refractivity contribution in [2.75, 3.05) is 17.2 Å². The van der Waals surface area contributed by atoms with Gasteiger partial charge in [-0.25, -0.2) is 9.59 Å². The summed E-state index contributed by atoms with van der Waals surface area (Å²) in [5, 5.41) is 6.86. The van der Waals surface area contributed by atoms with Gasteiger partial charge in [-0.05, 0) is 50.4 Å². The second kappa shape index (κ2) is 9.20. The van der Waals surface area contributed by atoms with Crippen molar-refractivity contribution in [3.05, 3.63) is 46.8 Å². The molecule has 0 aliphatic rings. The van der Waals surface area contributed by atoms with Gasteiger partial charge in [0.25, 0.3) is 11.8 Å². The maximum absolute atomic E-state index is 12.2. The Balaban J connectivity index is 1.92. The first-order valence-electron chi connectivity index (χ1n) is 8.49. The first-order chi connectivity index (χ1) is 13.5. The van der Waals surface area contributed by atoms with E-state index in [1.54, 1.807) is 38.3 Å². The van der Waals surface area contributed by atoms with Crippen molar-refractivity contribution < 1.29 is 28.7 Å². The number of carbonyl (C=O) groups is 4. The lowest BCUT2D eigenvalue weighted by Crippen LogP contribution is -2.27. The highest BCUT2D eigenvalue weighted by molar-refractivity contribution is 7.14. The molecule has 3 amide bonds. The summed E-state index contributed by atoms with van der Waals surface area (Å²) in [6, 6.07) is 7.49. The molecule has 2 rings (SSSR count). The normalized spacial score (nSPS) is 10.7. The summed E-state index contributed by atoms with van der Waals surface area (Å²) >= 11 is 1.12. The Hall–Kier alpha value is -3.40. The number of amides is 3. The highest BCUT2D eigenvalue weighted by Gasteiger charge is 2.18. The maximum atomic E-state index is 12.2. The summed E-state index contributed by atoms with van der Waals surface area (Å²) in [7, 11) is 0. The molecule has 0 aliphatic carbocycles. The number of benzene rings is 1. The molecule has 0 unspecified atom stereocenters. The van der Waals surface area contributed by atoms with Gasteiger partial charge in [0.1, 0.15) is 10.6 Å². The van der Waals surface area contributed by atoms with Gasteiger partial charge in [-0.3, -0.25) is 14.9 Å². The SMILES string of the molecule is CC(C)(C)OC(=O)Nc1cccc(C(=O)OCC(=O)Nc2sccc2C(N)=O)c1. The van der Waals surface area contributed by atoms with Crippen LogP contribution < -0.4 is 16.4 Å². The Morgan fingerprint density at radius 3 is 2.48 bits per heavy atom. The minimum Gasteiger partial charge on any atom is -0.452 e. The highest BCUT2D eigenvalue weighted by Crippen LogP contribution is 2.22. The van der Waals surface area contributed by atoms with Gasteiger partial charge in [0.15, 0.2) is 6.61 Å². The monoisotopic (exact) mass is 419 g/mol. The predicted octanol–water partition coefficient (Wildman–Crippen LogP) is 2.99. The second-order valence-electron chi connectivity index (χ2n) is 6.86. The zero-order valence-corrected chi connectivity index (χ0v) is 16.9. The fourth-order valence-corrected chi connectivity index (χ4v) is 2.93. The van der Waals surface area contributed by atoms with Gasteiger partial charge in [-0.1, -0.05) is 6.07 Å². The molecule has 154 valence electrons. The molecule has 0 saturated heterocycles. The molecule has 2 aromatic rings. The second-order valence-corrected chi connectivity index (χ2v) is 7.78. The van der Waals surface area contributed by atoms with Crippen molar-refractivity contribution in [2.24, 2.45) is 5.73 Å². The van der Waals surface area contributed by atoms with Crippen LogP contribution in [0.1, 0.15) is 41.5 Å². The van der Waals surface area contributed by atoms with Gasteiger partial charge in [0.2, 0.25) is 0 Å². The summed E-state index contributed by atoms with van der Waals surface area (Å²) in [6.07, 6.45) is -0.663. The Morgan fingerprint density at radius 2 is 1.83 bits per heavy atom. The number of nitrogens with one attached hydrogen (secondary N) is 2. The number of hydrogen-bond acceptors (Lipinski definition) is 7. The van der Waals surface area contributed by atoms with Crippen molar-refractivity contribution in [2.45, 2.75) is 26.4 Å². The summed E-state index contributed by atoms with van der Waals surface area (Å²) in [4.78, 5) is 47.2. The Labute approximate surface area is 171 Å². The van der Waals surface area contributed by atoms with Crippen LogP contribution in [-0.2, 0) is 14.3 Å². The number of carbonyl (C=O) groups excluding carboxylic acids is 4. The first-order valence-corrected chi connectivity index (χ1v) is 9.37.